The predicted octanol–water partition coefficient (Wildman–Crippen LogP) is -0.625. The molecule has 0 aromatic heterocycles. The number of unbranched alkanes of at least 4 members (excludes halogenated alkanes) is 2. The number of hydrogen-bond donors (Lipinski definition) is 3. The summed E-state index contributed by atoms with van der Waals surface area (Å²) in [6, 6.07) is 0. The van der Waals surface area contributed by atoms with Crippen molar-refractivity contribution < 1.29 is 19.5 Å². The van der Waals surface area contributed by atoms with Crippen LogP contribution in [0.1, 0.15) is 25.7 Å². The highest BCUT2D eigenvalue weighted by atomic mass is 16.4. The second kappa shape index (κ2) is 8.43. The van der Waals surface area contributed by atoms with Crippen LogP contribution >= 0.6 is 0 Å². The second-order valence-electron chi connectivity index (χ2n) is 3.37. The number of hydrogen-bond acceptors (Lipinski definition) is 5. The summed E-state index contributed by atoms with van der Waals surface area (Å²) < 4.78 is 0. The summed E-state index contributed by atoms with van der Waals surface area (Å²) in [5.74, 6) is 6.63. The minimum Gasteiger partial charge on any atom is -0.481 e. The Kier molecular flexibility index (Phi) is 7.57. The molecule has 0 bridgehead atoms. The first-order valence-corrected chi connectivity index (χ1v) is 5.20. The first kappa shape index (κ1) is 15.3. The number of carbonyl (C=O) groups is 3. The molecule has 7 nitrogen and oxygen atoms in total. The van der Waals surface area contributed by atoms with Gasteiger partial charge in [-0.2, -0.15) is 0 Å². The number of carboxylic acids is 1. The lowest BCUT2D eigenvalue weighted by Gasteiger charge is -2.12. The van der Waals surface area contributed by atoms with Crippen LogP contribution in [-0.2, 0) is 14.4 Å². The summed E-state index contributed by atoms with van der Waals surface area (Å²) in [6.07, 6.45) is 4.59. The van der Waals surface area contributed by atoms with E-state index in [1.54, 1.807) is 0 Å². The van der Waals surface area contributed by atoms with E-state index in [9.17, 15) is 14.4 Å². The number of carboxylic acid groups (broad SMARTS) is 1. The Balaban J connectivity index is 0.00000121. The van der Waals surface area contributed by atoms with Crippen molar-refractivity contribution in [2.24, 2.45) is 11.7 Å². The number of nitrogens with zero attached hydrogens (tertiary/aromatic N) is 1. The number of nitrogens with two attached hydrogens (primary N) is 2. The molecule has 0 fully saturated rings. The Morgan fingerprint density at radius 2 is 1.65 bits per heavy atom. The van der Waals surface area contributed by atoms with Crippen molar-refractivity contribution in [3.05, 3.63) is 12.2 Å². The fraction of sp³-hybridized carbons (Fsp3) is 0.500. The Labute approximate surface area is 99.0 Å². The van der Waals surface area contributed by atoms with Gasteiger partial charge >= 0.3 is 5.97 Å². The van der Waals surface area contributed by atoms with Gasteiger partial charge in [0.15, 0.2) is 0 Å². The van der Waals surface area contributed by atoms with Gasteiger partial charge in [-0.3, -0.25) is 31.0 Å². The van der Waals surface area contributed by atoms with E-state index in [1.165, 1.54) is 17.1 Å². The molecule has 0 unspecified atom stereocenters. The number of carbonyl (C=O) groups excluding carboxylic acids is 2. The molecule has 17 heavy (non-hydrogen) atoms. The van der Waals surface area contributed by atoms with Crippen LogP contribution in [0.15, 0.2) is 12.2 Å². The van der Waals surface area contributed by atoms with E-state index in [4.69, 9.17) is 5.11 Å². The first-order chi connectivity index (χ1) is 8.11. The molecule has 0 saturated carbocycles. The third kappa shape index (κ3) is 5.79. The normalized spacial score (nSPS) is 13.6. The fourth-order valence-electron chi connectivity index (χ4n) is 1.37. The van der Waals surface area contributed by atoms with Gasteiger partial charge in [0, 0.05) is 25.1 Å². The molecule has 5 N–H and O–H groups in total. The summed E-state index contributed by atoms with van der Waals surface area (Å²) in [4.78, 5) is 33.5. The number of rotatable bonds is 6. The lowest BCUT2D eigenvalue weighted by Crippen LogP contribution is -2.30. The van der Waals surface area contributed by atoms with E-state index in [-0.39, 0.29) is 18.2 Å². The van der Waals surface area contributed by atoms with Gasteiger partial charge < -0.3 is 5.11 Å². The van der Waals surface area contributed by atoms with Crippen molar-refractivity contribution >= 4 is 17.8 Å². The lowest BCUT2D eigenvalue weighted by molar-refractivity contribution is -0.138. The highest BCUT2D eigenvalue weighted by Crippen LogP contribution is 2.07. The van der Waals surface area contributed by atoms with Crippen molar-refractivity contribution in [2.45, 2.75) is 25.7 Å². The molecule has 96 valence electrons. The van der Waals surface area contributed by atoms with Crippen molar-refractivity contribution in [3.8, 4) is 0 Å². The van der Waals surface area contributed by atoms with Gasteiger partial charge in [0.1, 0.15) is 0 Å². The molecule has 0 spiro atoms. The third-order valence-electron chi connectivity index (χ3n) is 2.17. The zero-order valence-corrected chi connectivity index (χ0v) is 9.46. The maximum absolute atomic E-state index is 11.1. The predicted molar refractivity (Wildman–Crippen MR) is 60.3 cm³/mol. The zero-order chi connectivity index (χ0) is 13.3. The molecule has 1 heterocycles. The van der Waals surface area contributed by atoms with Crippen molar-refractivity contribution in [1.29, 1.82) is 0 Å². The maximum atomic E-state index is 11.1. The minimum absolute atomic E-state index is 0.139. The van der Waals surface area contributed by atoms with Gasteiger partial charge in [-0.1, -0.05) is 6.42 Å². The van der Waals surface area contributed by atoms with E-state index < -0.39 is 5.97 Å². The standard InChI is InChI=1S/C10H13NO4.H4N2/c12-8-5-6-9(13)11(8)7-3-1-2-4-10(14)15;1-2/h5-6H,1-4,7H2,(H,14,15);1-2H2. The molecule has 2 amide bonds. The van der Waals surface area contributed by atoms with E-state index in [1.807, 2.05) is 0 Å². The Hall–Kier alpha value is -1.73. The van der Waals surface area contributed by atoms with Crippen LogP contribution in [0.25, 0.3) is 0 Å². The van der Waals surface area contributed by atoms with Gasteiger partial charge in [-0.25, -0.2) is 0 Å². The molecular weight excluding hydrogens is 226 g/mol. The van der Waals surface area contributed by atoms with Crippen molar-refractivity contribution in [1.82, 2.24) is 4.90 Å². The Morgan fingerprint density at radius 3 is 2.12 bits per heavy atom. The smallest absolute Gasteiger partial charge is 0.303 e. The van der Waals surface area contributed by atoms with Gasteiger partial charge in [-0.15, -0.1) is 0 Å². The van der Waals surface area contributed by atoms with Crippen LogP contribution in [0.2, 0.25) is 0 Å². The van der Waals surface area contributed by atoms with Crippen LogP contribution in [0.3, 0.4) is 0 Å². The minimum atomic E-state index is -0.815. The molecule has 0 aliphatic carbocycles. The van der Waals surface area contributed by atoms with Crippen LogP contribution in [-0.4, -0.2) is 34.3 Å². The Morgan fingerprint density at radius 1 is 1.12 bits per heavy atom. The largest absolute Gasteiger partial charge is 0.481 e. The SMILES string of the molecule is NN.O=C(O)CCCCCN1C(=O)C=CC1=O. The molecule has 0 aromatic rings. The molecule has 0 aromatic carbocycles. The van der Waals surface area contributed by atoms with Gasteiger partial charge in [-0.05, 0) is 12.8 Å². The van der Waals surface area contributed by atoms with Gasteiger partial charge in [0.05, 0.1) is 0 Å². The molecular formula is C10H17N3O4. The molecule has 1 aliphatic heterocycles. The number of hydrazine groups is 1. The maximum Gasteiger partial charge on any atom is 0.303 e. The second-order valence-corrected chi connectivity index (χ2v) is 3.37. The van der Waals surface area contributed by atoms with E-state index in [2.05, 4.69) is 11.7 Å². The van der Waals surface area contributed by atoms with Crippen molar-refractivity contribution in [3.63, 3.8) is 0 Å². The molecule has 1 aliphatic rings. The molecule has 1 rings (SSSR count). The fourth-order valence-corrected chi connectivity index (χ4v) is 1.37. The summed E-state index contributed by atoms with van der Waals surface area (Å²) in [6.45, 7) is 0.379. The summed E-state index contributed by atoms with van der Waals surface area (Å²) >= 11 is 0. The average molecular weight is 243 g/mol. The van der Waals surface area contributed by atoms with Crippen LogP contribution < -0.4 is 11.7 Å². The van der Waals surface area contributed by atoms with Crippen LogP contribution in [0.5, 0.6) is 0 Å². The number of imide groups is 1. The summed E-state index contributed by atoms with van der Waals surface area (Å²) in [7, 11) is 0. The van der Waals surface area contributed by atoms with Gasteiger partial charge in [0.2, 0.25) is 0 Å². The van der Waals surface area contributed by atoms with Crippen LogP contribution in [0.4, 0.5) is 0 Å². The first-order valence-electron chi connectivity index (χ1n) is 5.20. The zero-order valence-electron chi connectivity index (χ0n) is 9.46. The van der Waals surface area contributed by atoms with Crippen LogP contribution in [0, 0.1) is 0 Å². The highest BCUT2D eigenvalue weighted by Gasteiger charge is 2.22. The van der Waals surface area contributed by atoms with E-state index >= 15 is 0 Å². The summed E-state index contributed by atoms with van der Waals surface area (Å²) in [5.41, 5.74) is 0. The lowest BCUT2D eigenvalue weighted by atomic mass is 10.2. The van der Waals surface area contributed by atoms with Crippen molar-refractivity contribution in [2.75, 3.05) is 6.54 Å². The van der Waals surface area contributed by atoms with E-state index in [0.717, 1.165) is 0 Å². The topological polar surface area (TPSA) is 127 Å². The third-order valence-corrected chi connectivity index (χ3v) is 2.17. The van der Waals surface area contributed by atoms with E-state index in [0.29, 0.717) is 25.8 Å². The monoisotopic (exact) mass is 243 g/mol. The molecule has 7 heteroatoms. The molecule has 0 radical (unpaired) electrons. The Bertz CT molecular complexity index is 297. The number of aliphatic carboxylic acids is 1. The number of amides is 2. The highest BCUT2D eigenvalue weighted by molar-refractivity contribution is 6.12. The quantitative estimate of drug-likeness (QED) is 0.247. The molecule has 0 saturated heterocycles. The summed E-state index contributed by atoms with van der Waals surface area (Å²) in [5, 5.41) is 8.38. The van der Waals surface area contributed by atoms with Gasteiger partial charge in [0.25, 0.3) is 11.8 Å². The molecule has 0 atom stereocenters. The average Bonchev–Trinajstić information content (AvgIpc) is 2.62.